The summed E-state index contributed by atoms with van der Waals surface area (Å²) in [6.45, 7) is 1.90. The van der Waals surface area contributed by atoms with Crippen LogP contribution < -0.4 is 10.6 Å². The molecule has 0 atom stereocenters. The molecule has 0 bridgehead atoms. The van der Waals surface area contributed by atoms with E-state index in [-0.39, 0.29) is 11.0 Å². The summed E-state index contributed by atoms with van der Waals surface area (Å²) in [5.74, 6) is 0.222. The van der Waals surface area contributed by atoms with E-state index in [4.69, 9.17) is 23.8 Å². The Balaban J connectivity index is 2.06. The zero-order valence-corrected chi connectivity index (χ0v) is 17.2. The van der Waals surface area contributed by atoms with Crippen LogP contribution in [-0.2, 0) is 0 Å². The molecule has 4 nitrogen and oxygen atoms in total. The standard InChI is InChI=1S/C14H10ClI2N3OS/c1-7-11(17)4-5-12(18-7)19-14(22)20-13(21)9-6-8(16)2-3-10(9)15/h2-6H,1H3,(H2,18,19,20,21,22). The monoisotopic (exact) mass is 557 g/mol. The fourth-order valence-electron chi connectivity index (χ4n) is 1.60. The van der Waals surface area contributed by atoms with Gasteiger partial charge in [0, 0.05) is 7.14 Å². The van der Waals surface area contributed by atoms with Gasteiger partial charge >= 0.3 is 0 Å². The number of nitrogens with zero attached hydrogens (tertiary/aromatic N) is 1. The smallest absolute Gasteiger partial charge is 0.258 e. The first kappa shape index (κ1) is 17.8. The first-order chi connectivity index (χ1) is 10.4. The topological polar surface area (TPSA) is 54.0 Å². The van der Waals surface area contributed by atoms with E-state index in [0.717, 1.165) is 12.8 Å². The van der Waals surface area contributed by atoms with Gasteiger partial charge in [0.2, 0.25) is 0 Å². The Bertz CT molecular complexity index is 755. The predicted octanol–water partition coefficient (Wildman–Crippen LogP) is 4.38. The molecule has 0 saturated heterocycles. The SMILES string of the molecule is Cc1nc(NC(=S)NC(=O)c2cc(I)ccc2Cl)ccc1I. The van der Waals surface area contributed by atoms with Crippen molar-refractivity contribution < 1.29 is 4.79 Å². The Morgan fingerprint density at radius 1 is 1.27 bits per heavy atom. The second kappa shape index (κ2) is 7.84. The number of aromatic nitrogens is 1. The minimum Gasteiger partial charge on any atom is -0.317 e. The number of amides is 1. The third-order valence-corrected chi connectivity index (χ3v) is 5.01. The highest BCUT2D eigenvalue weighted by Gasteiger charge is 2.13. The van der Waals surface area contributed by atoms with Crippen molar-refractivity contribution in [2.24, 2.45) is 0 Å². The first-order valence-corrected chi connectivity index (χ1v) is 9.01. The molecule has 1 aromatic heterocycles. The predicted molar refractivity (Wildman–Crippen MR) is 110 cm³/mol. The van der Waals surface area contributed by atoms with Crippen LogP contribution in [0.2, 0.25) is 5.02 Å². The van der Waals surface area contributed by atoms with E-state index in [0.29, 0.717) is 16.4 Å². The van der Waals surface area contributed by atoms with Gasteiger partial charge < -0.3 is 5.32 Å². The maximum absolute atomic E-state index is 12.2. The van der Waals surface area contributed by atoms with Gasteiger partial charge in [-0.05, 0) is 94.7 Å². The van der Waals surface area contributed by atoms with Crippen LogP contribution in [0.5, 0.6) is 0 Å². The van der Waals surface area contributed by atoms with Crippen LogP contribution >= 0.6 is 69.0 Å². The molecule has 1 aromatic carbocycles. The lowest BCUT2D eigenvalue weighted by atomic mass is 10.2. The van der Waals surface area contributed by atoms with Gasteiger partial charge in [0.1, 0.15) is 5.82 Å². The average Bonchev–Trinajstić information content (AvgIpc) is 2.45. The van der Waals surface area contributed by atoms with Crippen LogP contribution in [-0.4, -0.2) is 16.0 Å². The molecule has 0 unspecified atom stereocenters. The molecule has 0 aliphatic heterocycles. The Morgan fingerprint density at radius 3 is 2.68 bits per heavy atom. The lowest BCUT2D eigenvalue weighted by Crippen LogP contribution is -2.34. The zero-order chi connectivity index (χ0) is 16.3. The average molecular weight is 558 g/mol. The van der Waals surface area contributed by atoms with Gasteiger partial charge in [-0.3, -0.25) is 10.1 Å². The highest BCUT2D eigenvalue weighted by atomic mass is 127. The summed E-state index contributed by atoms with van der Waals surface area (Å²) in [4.78, 5) is 16.5. The number of anilines is 1. The molecule has 2 N–H and O–H groups in total. The number of rotatable bonds is 2. The molecular formula is C14H10ClI2N3OS. The second-order valence-corrected chi connectivity index (χ2v) is 7.52. The van der Waals surface area contributed by atoms with E-state index >= 15 is 0 Å². The summed E-state index contributed by atoms with van der Waals surface area (Å²) < 4.78 is 1.98. The Kier molecular flexibility index (Phi) is 6.36. The van der Waals surface area contributed by atoms with Gasteiger partial charge in [0.25, 0.3) is 5.91 Å². The number of nitrogens with one attached hydrogen (secondary N) is 2. The fraction of sp³-hybridized carbons (Fsp3) is 0.0714. The van der Waals surface area contributed by atoms with Gasteiger partial charge in [-0.2, -0.15) is 0 Å². The van der Waals surface area contributed by atoms with Crippen molar-refractivity contribution >= 4 is 85.8 Å². The molecular weight excluding hydrogens is 548 g/mol. The van der Waals surface area contributed by atoms with E-state index in [1.54, 1.807) is 18.2 Å². The van der Waals surface area contributed by atoms with Crippen molar-refractivity contribution in [2.75, 3.05) is 5.32 Å². The van der Waals surface area contributed by atoms with Crippen molar-refractivity contribution in [3.63, 3.8) is 0 Å². The quantitative estimate of drug-likeness (QED) is 0.425. The molecule has 22 heavy (non-hydrogen) atoms. The van der Waals surface area contributed by atoms with Crippen LogP contribution in [0.15, 0.2) is 30.3 Å². The summed E-state index contributed by atoms with van der Waals surface area (Å²) in [5.41, 5.74) is 1.27. The number of hydrogen-bond acceptors (Lipinski definition) is 3. The van der Waals surface area contributed by atoms with E-state index in [1.807, 2.05) is 19.1 Å². The lowest BCUT2D eigenvalue weighted by Gasteiger charge is -2.10. The molecule has 1 heterocycles. The summed E-state index contributed by atoms with van der Waals surface area (Å²) in [7, 11) is 0. The van der Waals surface area contributed by atoms with E-state index < -0.39 is 0 Å². The molecule has 0 aliphatic carbocycles. The largest absolute Gasteiger partial charge is 0.317 e. The van der Waals surface area contributed by atoms with Crippen molar-refractivity contribution in [3.8, 4) is 0 Å². The molecule has 0 spiro atoms. The Labute approximate surface area is 165 Å². The third-order valence-electron chi connectivity index (χ3n) is 2.66. The molecule has 8 heteroatoms. The highest BCUT2D eigenvalue weighted by Crippen LogP contribution is 2.19. The molecule has 0 radical (unpaired) electrons. The number of hydrogen-bond donors (Lipinski definition) is 2. The third kappa shape index (κ3) is 4.74. The summed E-state index contributed by atoms with van der Waals surface area (Å²) in [5, 5.41) is 6.04. The van der Waals surface area contributed by atoms with Crippen LogP contribution in [0.4, 0.5) is 5.82 Å². The van der Waals surface area contributed by atoms with Gasteiger partial charge in [-0.15, -0.1) is 0 Å². The van der Waals surface area contributed by atoms with Gasteiger partial charge in [-0.1, -0.05) is 11.6 Å². The lowest BCUT2D eigenvalue weighted by molar-refractivity contribution is 0.0978. The number of aryl methyl sites for hydroxylation is 1. The van der Waals surface area contributed by atoms with Crippen molar-refractivity contribution in [3.05, 3.63) is 53.8 Å². The zero-order valence-electron chi connectivity index (χ0n) is 11.3. The van der Waals surface area contributed by atoms with Crippen LogP contribution in [0, 0.1) is 14.1 Å². The minimum absolute atomic E-state index is 0.174. The van der Waals surface area contributed by atoms with Crippen molar-refractivity contribution in [1.82, 2.24) is 10.3 Å². The number of carbonyl (C=O) groups excluding carboxylic acids is 1. The van der Waals surface area contributed by atoms with Crippen molar-refractivity contribution in [1.29, 1.82) is 0 Å². The van der Waals surface area contributed by atoms with Gasteiger partial charge in [0.15, 0.2) is 5.11 Å². The highest BCUT2D eigenvalue weighted by molar-refractivity contribution is 14.1. The number of pyridine rings is 1. The summed E-state index contributed by atoms with van der Waals surface area (Å²) >= 11 is 15.5. The first-order valence-electron chi connectivity index (χ1n) is 6.07. The maximum Gasteiger partial charge on any atom is 0.258 e. The number of thiocarbonyl (C=S) groups is 1. The minimum atomic E-state index is -0.358. The number of benzene rings is 1. The number of carbonyl (C=O) groups is 1. The van der Waals surface area contributed by atoms with E-state index in [2.05, 4.69) is 60.8 Å². The van der Waals surface area contributed by atoms with Crippen molar-refractivity contribution in [2.45, 2.75) is 6.92 Å². The normalized spacial score (nSPS) is 10.2. The van der Waals surface area contributed by atoms with Gasteiger partial charge in [-0.25, -0.2) is 4.98 Å². The molecule has 0 saturated carbocycles. The molecule has 1 amide bonds. The van der Waals surface area contributed by atoms with Crippen LogP contribution in [0.1, 0.15) is 16.1 Å². The molecule has 2 aromatic rings. The van der Waals surface area contributed by atoms with Gasteiger partial charge in [0.05, 0.1) is 16.3 Å². The molecule has 2 rings (SSSR count). The summed E-state index contributed by atoms with van der Waals surface area (Å²) in [6.07, 6.45) is 0. The Hall–Kier alpha value is -0.520. The van der Waals surface area contributed by atoms with E-state index in [9.17, 15) is 4.79 Å². The molecule has 0 aliphatic rings. The second-order valence-electron chi connectivity index (χ2n) is 4.30. The molecule has 0 fully saturated rings. The molecule has 114 valence electrons. The number of halogens is 3. The maximum atomic E-state index is 12.2. The fourth-order valence-corrected chi connectivity index (χ4v) is 2.80. The van der Waals surface area contributed by atoms with Crippen LogP contribution in [0.3, 0.4) is 0 Å². The Morgan fingerprint density at radius 2 is 2.00 bits per heavy atom. The summed E-state index contributed by atoms with van der Waals surface area (Å²) in [6, 6.07) is 8.93. The van der Waals surface area contributed by atoms with Crippen LogP contribution in [0.25, 0.3) is 0 Å². The van der Waals surface area contributed by atoms with E-state index in [1.165, 1.54) is 0 Å².